The van der Waals surface area contributed by atoms with Crippen molar-refractivity contribution in [2.75, 3.05) is 11.9 Å². The molecule has 1 saturated carbocycles. The molecule has 5 heteroatoms. The first-order chi connectivity index (χ1) is 14.0. The van der Waals surface area contributed by atoms with Gasteiger partial charge in [0.1, 0.15) is 0 Å². The normalized spacial score (nSPS) is 17.7. The Morgan fingerprint density at radius 3 is 2.48 bits per heavy atom. The van der Waals surface area contributed by atoms with Crippen molar-refractivity contribution in [1.29, 1.82) is 0 Å². The maximum atomic E-state index is 13.4. The molecule has 1 N–H and O–H groups in total. The highest BCUT2D eigenvalue weighted by molar-refractivity contribution is 6.30. The van der Waals surface area contributed by atoms with Crippen LogP contribution in [0.2, 0.25) is 5.02 Å². The zero-order chi connectivity index (χ0) is 20.4. The van der Waals surface area contributed by atoms with E-state index in [1.54, 1.807) is 0 Å². The minimum Gasteiger partial charge on any atom is -0.338 e. The molecular weight excluding hydrogens is 384 g/mol. The lowest BCUT2D eigenvalue weighted by atomic mass is 9.78. The fourth-order valence-corrected chi connectivity index (χ4v) is 4.84. The van der Waals surface area contributed by atoms with Crippen LogP contribution < -0.4 is 5.32 Å². The van der Waals surface area contributed by atoms with Crippen LogP contribution in [0.25, 0.3) is 0 Å². The van der Waals surface area contributed by atoms with Gasteiger partial charge in [-0.2, -0.15) is 0 Å². The van der Waals surface area contributed by atoms with Gasteiger partial charge < -0.3 is 10.2 Å². The SMILES string of the molecule is CCC(=O)N1CCc2ccc(NC(=O)C3(c4ccc(Cl)cc4)CCCC3)cc2C1. The molecule has 1 aliphatic carbocycles. The lowest BCUT2D eigenvalue weighted by Gasteiger charge is -2.30. The Bertz CT molecular complexity index is 917. The smallest absolute Gasteiger partial charge is 0.235 e. The Hall–Kier alpha value is -2.33. The second-order valence-corrected chi connectivity index (χ2v) is 8.59. The number of carbonyl (C=O) groups excluding carboxylic acids is 2. The maximum absolute atomic E-state index is 13.4. The molecule has 1 heterocycles. The molecule has 1 fully saturated rings. The minimum atomic E-state index is -0.495. The number of halogens is 1. The van der Waals surface area contributed by atoms with E-state index < -0.39 is 5.41 Å². The highest BCUT2D eigenvalue weighted by atomic mass is 35.5. The molecule has 0 aromatic heterocycles. The second kappa shape index (κ2) is 8.19. The van der Waals surface area contributed by atoms with E-state index in [1.807, 2.05) is 48.2 Å². The molecule has 2 aromatic rings. The number of nitrogens with zero attached hydrogens (tertiary/aromatic N) is 1. The van der Waals surface area contributed by atoms with Crippen LogP contribution in [0, 0.1) is 0 Å². The van der Waals surface area contributed by atoms with Gasteiger partial charge in [0, 0.05) is 30.2 Å². The highest BCUT2D eigenvalue weighted by Crippen LogP contribution is 2.42. The molecule has 0 saturated heterocycles. The summed E-state index contributed by atoms with van der Waals surface area (Å²) in [7, 11) is 0. The number of benzene rings is 2. The van der Waals surface area contributed by atoms with Gasteiger partial charge in [0.25, 0.3) is 0 Å². The molecule has 2 amide bonds. The molecule has 0 spiro atoms. The first-order valence-corrected chi connectivity index (χ1v) is 10.9. The van der Waals surface area contributed by atoms with E-state index in [0.29, 0.717) is 18.0 Å². The fourth-order valence-electron chi connectivity index (χ4n) is 4.72. The summed E-state index contributed by atoms with van der Waals surface area (Å²) < 4.78 is 0. The molecule has 0 unspecified atom stereocenters. The third-order valence-corrected chi connectivity index (χ3v) is 6.67. The topological polar surface area (TPSA) is 49.4 Å². The molecule has 1 aliphatic heterocycles. The van der Waals surface area contributed by atoms with Crippen LogP contribution in [0.15, 0.2) is 42.5 Å². The number of rotatable bonds is 4. The van der Waals surface area contributed by atoms with Crippen LogP contribution in [-0.4, -0.2) is 23.3 Å². The first-order valence-electron chi connectivity index (χ1n) is 10.5. The molecule has 29 heavy (non-hydrogen) atoms. The zero-order valence-electron chi connectivity index (χ0n) is 16.8. The predicted octanol–water partition coefficient (Wildman–Crippen LogP) is 5.09. The van der Waals surface area contributed by atoms with Crippen molar-refractivity contribution in [2.24, 2.45) is 0 Å². The molecule has 152 valence electrons. The minimum absolute atomic E-state index is 0.0505. The van der Waals surface area contributed by atoms with Crippen LogP contribution >= 0.6 is 11.6 Å². The summed E-state index contributed by atoms with van der Waals surface area (Å²) in [5, 5.41) is 3.85. The van der Waals surface area contributed by atoms with Crippen molar-refractivity contribution in [2.45, 2.75) is 57.4 Å². The summed E-state index contributed by atoms with van der Waals surface area (Å²) in [4.78, 5) is 27.4. The molecule has 0 bridgehead atoms. The largest absolute Gasteiger partial charge is 0.338 e. The van der Waals surface area contributed by atoms with Gasteiger partial charge in [0.05, 0.1) is 5.41 Å². The number of nitrogens with one attached hydrogen (secondary N) is 1. The molecule has 0 atom stereocenters. The van der Waals surface area contributed by atoms with Gasteiger partial charge >= 0.3 is 0 Å². The predicted molar refractivity (Wildman–Crippen MR) is 116 cm³/mol. The van der Waals surface area contributed by atoms with Crippen molar-refractivity contribution >= 4 is 29.1 Å². The van der Waals surface area contributed by atoms with Crippen molar-refractivity contribution in [3.8, 4) is 0 Å². The van der Waals surface area contributed by atoms with Crippen LogP contribution in [0.3, 0.4) is 0 Å². The van der Waals surface area contributed by atoms with Gasteiger partial charge in [-0.05, 0) is 60.2 Å². The quantitative estimate of drug-likeness (QED) is 0.763. The summed E-state index contributed by atoms with van der Waals surface area (Å²) in [6.45, 7) is 3.28. The number of carbonyl (C=O) groups is 2. The zero-order valence-corrected chi connectivity index (χ0v) is 17.6. The number of hydrogen-bond acceptors (Lipinski definition) is 2. The Morgan fingerprint density at radius 2 is 1.79 bits per heavy atom. The molecule has 0 radical (unpaired) electrons. The van der Waals surface area contributed by atoms with Gasteiger partial charge in [0.2, 0.25) is 11.8 Å². The average molecular weight is 411 g/mol. The van der Waals surface area contributed by atoms with Gasteiger partial charge in [-0.15, -0.1) is 0 Å². The van der Waals surface area contributed by atoms with Crippen LogP contribution in [0.4, 0.5) is 5.69 Å². The van der Waals surface area contributed by atoms with Gasteiger partial charge in [-0.3, -0.25) is 9.59 Å². The Balaban J connectivity index is 1.56. The molecule has 2 aromatic carbocycles. The van der Waals surface area contributed by atoms with Crippen LogP contribution in [0.1, 0.15) is 55.7 Å². The number of amides is 2. The lowest BCUT2D eigenvalue weighted by Crippen LogP contribution is -2.38. The molecule has 4 rings (SSSR count). The number of hydrogen-bond donors (Lipinski definition) is 1. The number of anilines is 1. The van der Waals surface area contributed by atoms with Crippen molar-refractivity contribution in [1.82, 2.24) is 4.90 Å². The average Bonchev–Trinajstić information content (AvgIpc) is 3.24. The summed E-state index contributed by atoms with van der Waals surface area (Å²) in [5.74, 6) is 0.229. The van der Waals surface area contributed by atoms with E-state index in [2.05, 4.69) is 11.4 Å². The number of fused-ring (bicyclic) bond motifs is 1. The molecule has 2 aliphatic rings. The first kappa shape index (κ1) is 20.0. The molecule has 4 nitrogen and oxygen atoms in total. The second-order valence-electron chi connectivity index (χ2n) is 8.15. The monoisotopic (exact) mass is 410 g/mol. The van der Waals surface area contributed by atoms with Crippen molar-refractivity contribution < 1.29 is 9.59 Å². The maximum Gasteiger partial charge on any atom is 0.235 e. The summed E-state index contributed by atoms with van der Waals surface area (Å²) in [6.07, 6.45) is 5.19. The van der Waals surface area contributed by atoms with Crippen molar-refractivity contribution in [3.63, 3.8) is 0 Å². The standard InChI is InChI=1S/C24H27ClN2O2/c1-2-22(28)27-14-11-17-5-10-21(15-18(17)16-27)26-23(29)24(12-3-4-13-24)19-6-8-20(25)9-7-19/h5-10,15H,2-4,11-14,16H2,1H3,(H,26,29). The van der Waals surface area contributed by atoms with E-state index in [1.165, 1.54) is 5.56 Å². The van der Waals surface area contributed by atoms with E-state index in [4.69, 9.17) is 11.6 Å². The third-order valence-electron chi connectivity index (χ3n) is 6.42. The Morgan fingerprint density at radius 1 is 1.07 bits per heavy atom. The summed E-state index contributed by atoms with van der Waals surface area (Å²) in [6, 6.07) is 13.8. The van der Waals surface area contributed by atoms with E-state index in [0.717, 1.165) is 55.5 Å². The Kier molecular flexibility index (Phi) is 5.64. The van der Waals surface area contributed by atoms with Gasteiger partial charge in [-0.25, -0.2) is 0 Å². The van der Waals surface area contributed by atoms with E-state index in [-0.39, 0.29) is 11.8 Å². The van der Waals surface area contributed by atoms with Crippen LogP contribution in [-0.2, 0) is 28.0 Å². The summed E-state index contributed by atoms with van der Waals surface area (Å²) >= 11 is 6.06. The fraction of sp³-hybridized carbons (Fsp3) is 0.417. The Labute approximate surface area is 177 Å². The summed E-state index contributed by atoms with van der Waals surface area (Å²) in [5.41, 5.74) is 3.73. The third kappa shape index (κ3) is 3.91. The van der Waals surface area contributed by atoms with Crippen molar-refractivity contribution in [3.05, 3.63) is 64.2 Å². The lowest BCUT2D eigenvalue weighted by molar-refractivity contribution is -0.131. The van der Waals surface area contributed by atoms with Gasteiger partial charge in [0.15, 0.2) is 0 Å². The van der Waals surface area contributed by atoms with E-state index in [9.17, 15) is 9.59 Å². The van der Waals surface area contributed by atoms with Crippen LogP contribution in [0.5, 0.6) is 0 Å². The van der Waals surface area contributed by atoms with Gasteiger partial charge in [-0.1, -0.05) is 49.6 Å². The highest BCUT2D eigenvalue weighted by Gasteiger charge is 2.42. The van der Waals surface area contributed by atoms with E-state index >= 15 is 0 Å². The molecular formula is C24H27ClN2O2.